The van der Waals surface area contributed by atoms with E-state index in [1.807, 2.05) is 16.7 Å². The van der Waals surface area contributed by atoms with Crippen LogP contribution < -0.4 is 20.3 Å². The Bertz CT molecular complexity index is 1030. The molecule has 164 valence electrons. The van der Waals surface area contributed by atoms with Gasteiger partial charge in [0, 0.05) is 61.2 Å². The van der Waals surface area contributed by atoms with Gasteiger partial charge >= 0.3 is 0 Å². The van der Waals surface area contributed by atoms with Gasteiger partial charge in [-0.05, 0) is 18.4 Å². The molecule has 2 aromatic rings. The summed E-state index contributed by atoms with van der Waals surface area (Å²) in [5.41, 5.74) is 1.77. The second-order valence-corrected chi connectivity index (χ2v) is 9.42. The number of carbonyl (C=O) groups is 1. The van der Waals surface area contributed by atoms with Gasteiger partial charge in [-0.3, -0.25) is 9.59 Å². The number of hydrogen-bond acceptors (Lipinski definition) is 6. The number of thiocarbonyl (C=S) groups is 1. The topological polar surface area (TPSA) is 72.8 Å². The molecule has 1 aromatic carbocycles. The zero-order valence-corrected chi connectivity index (χ0v) is 19.1. The maximum absolute atomic E-state index is 12.5. The number of ether oxygens (including phenoxy) is 2. The maximum atomic E-state index is 12.5. The normalized spacial score (nSPS) is 19.4. The zero-order chi connectivity index (χ0) is 22.0. The monoisotopic (exact) mass is 459 g/mol. The molecule has 31 heavy (non-hydrogen) atoms. The van der Waals surface area contributed by atoms with Gasteiger partial charge in [-0.2, -0.15) is 0 Å². The van der Waals surface area contributed by atoms with Gasteiger partial charge in [0.15, 0.2) is 0 Å². The van der Waals surface area contributed by atoms with Crippen LogP contribution in [0.5, 0.6) is 11.5 Å². The number of benzene rings is 1. The van der Waals surface area contributed by atoms with Crippen LogP contribution in [0.15, 0.2) is 41.2 Å². The molecule has 1 amide bonds. The molecule has 1 aromatic heterocycles. The number of anilines is 1. The minimum atomic E-state index is -0.142. The SMILES string of the molecule is COc1cc(NC(=O)CSC(=S)N2C[C@H]3C[C@H](C2)c2cccc(=O)n2C3)cc(OC)c1. The molecule has 0 saturated carbocycles. The Kier molecular flexibility index (Phi) is 6.52. The van der Waals surface area contributed by atoms with E-state index in [1.165, 1.54) is 11.8 Å². The van der Waals surface area contributed by atoms with Crippen LogP contribution in [-0.2, 0) is 11.3 Å². The van der Waals surface area contributed by atoms with Crippen LogP contribution in [0, 0.1) is 5.92 Å². The number of piperidine rings is 1. The van der Waals surface area contributed by atoms with Gasteiger partial charge in [0.05, 0.1) is 20.0 Å². The van der Waals surface area contributed by atoms with E-state index >= 15 is 0 Å². The number of aromatic nitrogens is 1. The summed E-state index contributed by atoms with van der Waals surface area (Å²) < 4.78 is 13.1. The molecule has 7 nitrogen and oxygen atoms in total. The van der Waals surface area contributed by atoms with Crippen LogP contribution in [-0.4, -0.2) is 52.8 Å². The molecule has 1 N–H and O–H groups in total. The Balaban J connectivity index is 1.34. The van der Waals surface area contributed by atoms with Crippen LogP contribution in [0.2, 0.25) is 0 Å². The quantitative estimate of drug-likeness (QED) is 0.689. The van der Waals surface area contributed by atoms with Gasteiger partial charge < -0.3 is 24.3 Å². The van der Waals surface area contributed by atoms with Gasteiger partial charge in [0.25, 0.3) is 5.56 Å². The average Bonchev–Trinajstić information content (AvgIpc) is 2.77. The first kappa shape index (κ1) is 21.7. The lowest BCUT2D eigenvalue weighted by Gasteiger charge is -2.43. The predicted octanol–water partition coefficient (Wildman–Crippen LogP) is 2.94. The van der Waals surface area contributed by atoms with E-state index in [4.69, 9.17) is 21.7 Å². The number of fused-ring (bicyclic) bond motifs is 4. The molecule has 0 aliphatic carbocycles. The number of pyridine rings is 1. The maximum Gasteiger partial charge on any atom is 0.250 e. The van der Waals surface area contributed by atoms with Crippen molar-refractivity contribution in [3.05, 3.63) is 52.4 Å². The molecule has 0 radical (unpaired) electrons. The van der Waals surface area contributed by atoms with Crippen molar-refractivity contribution in [2.24, 2.45) is 5.92 Å². The van der Waals surface area contributed by atoms with E-state index in [-0.39, 0.29) is 23.1 Å². The standard InChI is InChI=1S/C22H25N3O4S2/c1-28-17-7-16(8-18(9-17)29-2)23-20(26)13-31-22(30)24-10-14-6-15(12-24)19-4-3-5-21(27)25(19)11-14/h3-5,7-9,14-15H,6,10-13H2,1-2H3,(H,23,26)/t14-,15-/m1/s1. The number of nitrogens with zero attached hydrogens (tertiary/aromatic N) is 2. The summed E-state index contributed by atoms with van der Waals surface area (Å²) in [6, 6.07) is 10.7. The van der Waals surface area contributed by atoms with E-state index in [2.05, 4.69) is 10.2 Å². The second kappa shape index (κ2) is 9.32. The smallest absolute Gasteiger partial charge is 0.250 e. The first-order valence-electron chi connectivity index (χ1n) is 10.1. The van der Waals surface area contributed by atoms with Crippen LogP contribution in [0.4, 0.5) is 5.69 Å². The zero-order valence-electron chi connectivity index (χ0n) is 17.5. The number of amides is 1. The summed E-state index contributed by atoms with van der Waals surface area (Å²) in [5, 5.41) is 2.87. The lowest BCUT2D eigenvalue weighted by molar-refractivity contribution is -0.113. The Labute approximate surface area is 190 Å². The Morgan fingerprint density at radius 1 is 1.16 bits per heavy atom. The minimum Gasteiger partial charge on any atom is -0.497 e. The van der Waals surface area contributed by atoms with Crippen molar-refractivity contribution >= 4 is 39.9 Å². The second-order valence-electron chi connectivity index (χ2n) is 7.81. The van der Waals surface area contributed by atoms with Crippen molar-refractivity contribution in [3.63, 3.8) is 0 Å². The first-order chi connectivity index (χ1) is 15.0. The van der Waals surface area contributed by atoms with E-state index < -0.39 is 0 Å². The fraction of sp³-hybridized carbons (Fsp3) is 0.409. The van der Waals surface area contributed by atoms with Gasteiger partial charge in [-0.25, -0.2) is 0 Å². The molecular weight excluding hydrogens is 434 g/mol. The summed E-state index contributed by atoms with van der Waals surface area (Å²) >= 11 is 7.01. The summed E-state index contributed by atoms with van der Waals surface area (Å²) in [6.45, 7) is 2.33. The van der Waals surface area contributed by atoms with E-state index in [0.29, 0.717) is 23.1 Å². The fourth-order valence-electron chi connectivity index (χ4n) is 4.34. The molecule has 0 spiro atoms. The third-order valence-corrected chi connectivity index (χ3v) is 7.22. The van der Waals surface area contributed by atoms with Crippen molar-refractivity contribution < 1.29 is 14.3 Å². The lowest BCUT2D eigenvalue weighted by atomic mass is 9.83. The highest BCUT2D eigenvalue weighted by molar-refractivity contribution is 8.23. The lowest BCUT2D eigenvalue weighted by Crippen LogP contribution is -2.48. The highest BCUT2D eigenvalue weighted by Crippen LogP contribution is 2.36. The molecule has 2 aliphatic rings. The van der Waals surface area contributed by atoms with E-state index in [1.54, 1.807) is 38.5 Å². The molecule has 4 rings (SSSR count). The summed E-state index contributed by atoms with van der Waals surface area (Å²) in [5.74, 6) is 1.98. The van der Waals surface area contributed by atoms with Crippen molar-refractivity contribution in [1.82, 2.24) is 9.47 Å². The van der Waals surface area contributed by atoms with Gasteiger partial charge in [-0.1, -0.05) is 30.0 Å². The molecule has 2 atom stereocenters. The molecular formula is C22H25N3O4S2. The number of nitrogens with one attached hydrogen (secondary N) is 1. The predicted molar refractivity (Wildman–Crippen MR) is 126 cm³/mol. The third-order valence-electron chi connectivity index (χ3n) is 5.70. The third kappa shape index (κ3) is 4.88. The fourth-order valence-corrected chi connectivity index (χ4v) is 5.33. The van der Waals surface area contributed by atoms with Gasteiger partial charge in [0.1, 0.15) is 15.8 Å². The molecule has 9 heteroatoms. The van der Waals surface area contributed by atoms with Crippen LogP contribution in [0.3, 0.4) is 0 Å². The van der Waals surface area contributed by atoms with Crippen molar-refractivity contribution in [2.45, 2.75) is 18.9 Å². The van der Waals surface area contributed by atoms with E-state index in [0.717, 1.165) is 36.1 Å². The summed E-state index contributed by atoms with van der Waals surface area (Å²) in [4.78, 5) is 26.8. The number of hydrogen-bond donors (Lipinski definition) is 1. The molecule has 0 unspecified atom stereocenters. The number of thioether (sulfide) groups is 1. The average molecular weight is 460 g/mol. The molecule has 3 heterocycles. The number of carbonyl (C=O) groups excluding carboxylic acids is 1. The number of rotatable bonds is 5. The molecule has 2 aliphatic heterocycles. The molecule has 1 saturated heterocycles. The van der Waals surface area contributed by atoms with E-state index in [9.17, 15) is 9.59 Å². The Morgan fingerprint density at radius 3 is 2.61 bits per heavy atom. The van der Waals surface area contributed by atoms with Gasteiger partial charge in [0.2, 0.25) is 5.91 Å². The molecule has 2 bridgehead atoms. The largest absolute Gasteiger partial charge is 0.497 e. The van der Waals surface area contributed by atoms with Crippen LogP contribution in [0.25, 0.3) is 0 Å². The Morgan fingerprint density at radius 2 is 1.90 bits per heavy atom. The van der Waals surface area contributed by atoms with Crippen molar-refractivity contribution in [2.75, 3.05) is 38.4 Å². The summed E-state index contributed by atoms with van der Waals surface area (Å²) in [6.07, 6.45) is 1.07. The number of likely N-dealkylation sites (tertiary alicyclic amines) is 1. The first-order valence-corrected chi connectivity index (χ1v) is 11.5. The minimum absolute atomic E-state index is 0.0726. The summed E-state index contributed by atoms with van der Waals surface area (Å²) in [7, 11) is 3.13. The van der Waals surface area contributed by atoms with Gasteiger partial charge in [-0.15, -0.1) is 0 Å². The van der Waals surface area contributed by atoms with Crippen LogP contribution in [0.1, 0.15) is 18.0 Å². The molecule has 1 fully saturated rings. The number of methoxy groups -OCH3 is 2. The van der Waals surface area contributed by atoms with Crippen molar-refractivity contribution in [3.8, 4) is 11.5 Å². The highest BCUT2D eigenvalue weighted by atomic mass is 32.2. The van der Waals surface area contributed by atoms with Crippen LogP contribution >= 0.6 is 24.0 Å². The van der Waals surface area contributed by atoms with Crippen molar-refractivity contribution in [1.29, 1.82) is 0 Å². The Hall–Kier alpha value is -2.52. The highest BCUT2D eigenvalue weighted by Gasteiger charge is 2.35.